The van der Waals surface area contributed by atoms with Crippen molar-refractivity contribution in [1.82, 2.24) is 4.98 Å². The number of hydrogen-bond acceptors (Lipinski definition) is 6. The molecular weight excluding hydrogens is 441 g/mol. The number of esters is 2. The number of carbonyl (C=O) groups excluding carboxylic acids is 2. The Kier molecular flexibility index (Phi) is 6.78. The highest BCUT2D eigenvalue weighted by Crippen LogP contribution is 2.42. The molecular formula is C22H40N2O4Si3. The van der Waals surface area contributed by atoms with Crippen LogP contribution in [0, 0.1) is 12.3 Å². The molecule has 0 spiro atoms. The van der Waals surface area contributed by atoms with Gasteiger partial charge < -0.3 is 13.7 Å². The van der Waals surface area contributed by atoms with E-state index in [9.17, 15) is 9.59 Å². The average Bonchev–Trinajstić information content (AvgIpc) is 2.98. The molecule has 0 saturated carbocycles. The number of aryl methyl sites for hydroxylation is 1. The summed E-state index contributed by atoms with van der Waals surface area (Å²) in [5.74, 6) is 0.0508. The number of pyridine rings is 1. The third kappa shape index (κ3) is 4.54. The first-order valence-electron chi connectivity index (χ1n) is 10.9. The minimum absolute atomic E-state index is 0.290. The molecule has 2 rings (SSSR count). The second-order valence-corrected chi connectivity index (χ2v) is 26.7. The summed E-state index contributed by atoms with van der Waals surface area (Å²) in [4.78, 5) is 31.0. The molecule has 31 heavy (non-hydrogen) atoms. The zero-order chi connectivity index (χ0) is 24.2. The van der Waals surface area contributed by atoms with E-state index in [0.717, 1.165) is 22.6 Å². The first-order chi connectivity index (χ1) is 13.9. The Morgan fingerprint density at radius 2 is 1.26 bits per heavy atom. The van der Waals surface area contributed by atoms with Crippen LogP contribution in [-0.2, 0) is 31.9 Å². The van der Waals surface area contributed by atoms with Gasteiger partial charge >= 0.3 is 11.9 Å². The molecule has 0 unspecified atom stereocenters. The number of aromatic nitrogens is 1. The topological polar surface area (TPSA) is 68.7 Å². The van der Waals surface area contributed by atoms with Gasteiger partial charge in [0.15, 0.2) is 5.41 Å². The van der Waals surface area contributed by atoms with E-state index >= 15 is 0 Å². The molecule has 0 fully saturated rings. The molecule has 0 aromatic carbocycles. The minimum atomic E-state index is -1.89. The van der Waals surface area contributed by atoms with Crippen LogP contribution in [0.5, 0.6) is 0 Å². The smallest absolute Gasteiger partial charge is 0.323 e. The molecule has 0 amide bonds. The monoisotopic (exact) mass is 480 g/mol. The molecule has 0 aliphatic heterocycles. The van der Waals surface area contributed by atoms with Crippen molar-refractivity contribution < 1.29 is 19.1 Å². The van der Waals surface area contributed by atoms with E-state index in [0.29, 0.717) is 6.42 Å². The van der Waals surface area contributed by atoms with Crippen LogP contribution >= 0.6 is 0 Å². The Balaban J connectivity index is 2.92. The SMILES string of the molecule is COC(=O)C1(C(=O)OC)Cc2c(C)nc(N([Si](C)(C)C)[Si](C)(C)C)c([Si](C)(C)C)c2C1. The summed E-state index contributed by atoms with van der Waals surface area (Å²) in [6.45, 7) is 23.2. The van der Waals surface area contributed by atoms with Gasteiger partial charge in [0, 0.05) is 12.1 Å². The number of hydrogen-bond donors (Lipinski definition) is 0. The van der Waals surface area contributed by atoms with E-state index in [1.807, 2.05) is 6.92 Å². The van der Waals surface area contributed by atoms with Gasteiger partial charge in [-0.2, -0.15) is 0 Å². The molecule has 0 saturated heterocycles. The highest BCUT2D eigenvalue weighted by atomic mass is 28.4. The summed E-state index contributed by atoms with van der Waals surface area (Å²) in [6, 6.07) is 0. The molecule has 6 nitrogen and oxygen atoms in total. The molecule has 0 atom stereocenters. The number of nitrogens with zero attached hydrogens (tertiary/aromatic N) is 2. The van der Waals surface area contributed by atoms with Gasteiger partial charge in [-0.15, -0.1) is 0 Å². The van der Waals surface area contributed by atoms with Gasteiger partial charge in [0.25, 0.3) is 0 Å². The molecule has 1 heterocycles. The summed E-state index contributed by atoms with van der Waals surface area (Å²) in [6.07, 6.45) is 0.612. The Bertz CT molecular complexity index is 866. The zero-order valence-electron chi connectivity index (χ0n) is 21.4. The van der Waals surface area contributed by atoms with Crippen molar-refractivity contribution in [3.05, 3.63) is 16.8 Å². The highest BCUT2D eigenvalue weighted by Gasteiger charge is 2.55. The van der Waals surface area contributed by atoms with Crippen molar-refractivity contribution in [2.24, 2.45) is 5.41 Å². The van der Waals surface area contributed by atoms with Crippen LogP contribution < -0.4 is 9.42 Å². The molecule has 1 aromatic heterocycles. The van der Waals surface area contributed by atoms with Crippen LogP contribution in [-0.4, -0.2) is 55.7 Å². The Morgan fingerprint density at radius 1 is 0.839 bits per heavy atom. The quantitative estimate of drug-likeness (QED) is 0.350. The second-order valence-electron chi connectivity index (χ2n) is 11.7. The number of rotatable bonds is 6. The van der Waals surface area contributed by atoms with Gasteiger partial charge in [-0.1, -0.05) is 58.9 Å². The number of anilines is 1. The van der Waals surface area contributed by atoms with Crippen molar-refractivity contribution >= 4 is 47.5 Å². The van der Waals surface area contributed by atoms with E-state index < -0.39 is 41.9 Å². The Morgan fingerprint density at radius 3 is 1.61 bits per heavy atom. The second kappa shape index (κ2) is 8.15. The van der Waals surface area contributed by atoms with Gasteiger partial charge in [0.2, 0.25) is 0 Å². The van der Waals surface area contributed by atoms with Gasteiger partial charge in [0.1, 0.15) is 22.3 Å². The van der Waals surface area contributed by atoms with Gasteiger partial charge in [-0.3, -0.25) is 9.59 Å². The van der Waals surface area contributed by atoms with Crippen LogP contribution in [0.15, 0.2) is 0 Å². The van der Waals surface area contributed by atoms with Crippen LogP contribution in [0.4, 0.5) is 5.82 Å². The zero-order valence-corrected chi connectivity index (χ0v) is 24.4. The average molecular weight is 481 g/mol. The predicted octanol–water partition coefficient (Wildman–Crippen LogP) is 3.84. The van der Waals surface area contributed by atoms with Crippen LogP contribution in [0.2, 0.25) is 58.9 Å². The van der Waals surface area contributed by atoms with E-state index in [-0.39, 0.29) is 6.42 Å². The summed E-state index contributed by atoms with van der Waals surface area (Å²) in [7, 11) is -2.72. The third-order valence-electron chi connectivity index (χ3n) is 6.01. The van der Waals surface area contributed by atoms with E-state index in [2.05, 4.69) is 63.2 Å². The first-order valence-corrected chi connectivity index (χ1v) is 21.3. The normalized spacial score (nSPS) is 16.0. The summed E-state index contributed by atoms with van der Waals surface area (Å²) < 4.78 is 12.9. The van der Waals surface area contributed by atoms with Gasteiger partial charge in [-0.05, 0) is 29.7 Å². The number of ether oxygens (including phenoxy) is 2. The van der Waals surface area contributed by atoms with E-state index in [4.69, 9.17) is 14.5 Å². The number of methoxy groups -OCH3 is 2. The third-order valence-corrected chi connectivity index (χ3v) is 15.2. The van der Waals surface area contributed by atoms with Crippen molar-refractivity contribution in [3.63, 3.8) is 0 Å². The lowest BCUT2D eigenvalue weighted by Crippen LogP contribution is -2.63. The fourth-order valence-electron chi connectivity index (χ4n) is 5.24. The summed E-state index contributed by atoms with van der Waals surface area (Å²) in [5.41, 5.74) is 1.72. The van der Waals surface area contributed by atoms with Crippen molar-refractivity contribution in [3.8, 4) is 0 Å². The van der Waals surface area contributed by atoms with Crippen molar-refractivity contribution in [1.29, 1.82) is 0 Å². The summed E-state index contributed by atoms with van der Waals surface area (Å²) >= 11 is 0. The van der Waals surface area contributed by atoms with Gasteiger partial charge in [-0.25, -0.2) is 4.98 Å². The van der Waals surface area contributed by atoms with E-state index in [1.54, 1.807) is 0 Å². The highest BCUT2D eigenvalue weighted by molar-refractivity contribution is 7.00. The lowest BCUT2D eigenvalue weighted by molar-refractivity contribution is -0.168. The van der Waals surface area contributed by atoms with Gasteiger partial charge in [0.05, 0.1) is 22.3 Å². The maximum absolute atomic E-state index is 12.9. The molecule has 0 N–H and O–H groups in total. The fourth-order valence-corrected chi connectivity index (χ4v) is 17.1. The van der Waals surface area contributed by atoms with Crippen LogP contribution in [0.25, 0.3) is 0 Å². The minimum Gasteiger partial charge on any atom is -0.468 e. The number of carbonyl (C=O) groups is 2. The standard InChI is InChI=1S/C22H40N2O4Si3/c1-15-16-13-22(20(25)27-2,21(26)28-3)14-17(16)18(29(4,5)6)19(23-15)24(30(7,8)9)31(10,11)12/h13-14H2,1-12H3. The Labute approximate surface area is 190 Å². The lowest BCUT2D eigenvalue weighted by atomic mass is 9.84. The lowest BCUT2D eigenvalue weighted by Gasteiger charge is -2.47. The first kappa shape index (κ1) is 25.8. The molecule has 0 bridgehead atoms. The van der Waals surface area contributed by atoms with E-state index in [1.165, 1.54) is 19.4 Å². The molecule has 174 valence electrons. The molecule has 1 aliphatic rings. The maximum Gasteiger partial charge on any atom is 0.323 e. The van der Waals surface area contributed by atoms with Crippen molar-refractivity contribution in [2.75, 3.05) is 18.5 Å². The number of fused-ring (bicyclic) bond motifs is 1. The largest absolute Gasteiger partial charge is 0.468 e. The molecule has 1 aromatic rings. The molecule has 0 radical (unpaired) electrons. The summed E-state index contributed by atoms with van der Waals surface area (Å²) in [5, 5.41) is 1.28. The molecule has 1 aliphatic carbocycles. The molecule has 9 heteroatoms. The van der Waals surface area contributed by atoms with Crippen LogP contribution in [0.3, 0.4) is 0 Å². The van der Waals surface area contributed by atoms with Crippen LogP contribution in [0.1, 0.15) is 16.8 Å². The van der Waals surface area contributed by atoms with Crippen molar-refractivity contribution in [2.45, 2.75) is 78.7 Å². The maximum atomic E-state index is 12.9. The Hall–Kier alpha value is -1.46. The predicted molar refractivity (Wildman–Crippen MR) is 135 cm³/mol. The fraction of sp³-hybridized carbons (Fsp3) is 0.682.